The number of aliphatic hydroxyl groups excluding tert-OH is 3. The predicted molar refractivity (Wildman–Crippen MR) is 144 cm³/mol. The lowest BCUT2D eigenvalue weighted by Crippen LogP contribution is -2.56. The Morgan fingerprint density at radius 2 is 1.88 bits per heavy atom. The van der Waals surface area contributed by atoms with Crippen LogP contribution in [0.5, 0.6) is 17.2 Å². The zero-order valence-corrected chi connectivity index (χ0v) is 22.8. The number of nitrogens with zero attached hydrogens (tertiary/aromatic N) is 1. The van der Waals surface area contributed by atoms with Gasteiger partial charge in [0.2, 0.25) is 11.8 Å². The molecule has 11 heteroatoms. The minimum absolute atomic E-state index is 0.0245. The standard InChI is InChI=1S/C29H36N2O9/c1-37-16-24(34)31(9-7-17-5-4-6-19(11-17)38-2)22-14-21(29(36)30-8-10-32)25-20-12-18(15-33)13-23(39-3)27(20)40-28(25)26(22)35/h4-6,11-14,22,25-26,28,32-33,35H,7-10,15-16H2,1-3H3,(H,30,36)/t22-,25+,26+,28+/m1/s1. The van der Waals surface area contributed by atoms with E-state index in [-0.39, 0.29) is 44.4 Å². The van der Waals surface area contributed by atoms with Gasteiger partial charge in [0.05, 0.1) is 39.4 Å². The Morgan fingerprint density at radius 1 is 1.07 bits per heavy atom. The minimum Gasteiger partial charge on any atom is -0.497 e. The molecule has 2 aromatic rings. The van der Waals surface area contributed by atoms with Crippen molar-refractivity contribution in [3.63, 3.8) is 0 Å². The van der Waals surface area contributed by atoms with E-state index in [0.29, 0.717) is 34.8 Å². The monoisotopic (exact) mass is 556 g/mol. The van der Waals surface area contributed by atoms with Crippen LogP contribution in [0.3, 0.4) is 0 Å². The molecule has 0 fully saturated rings. The van der Waals surface area contributed by atoms with Gasteiger partial charge in [0.25, 0.3) is 0 Å². The normalized spacial score (nSPS) is 21.0. The lowest BCUT2D eigenvalue weighted by atomic mass is 9.77. The quantitative estimate of drug-likeness (QED) is 0.294. The molecule has 1 aliphatic heterocycles. The first kappa shape index (κ1) is 29.3. The number of ether oxygens (including phenoxy) is 4. The van der Waals surface area contributed by atoms with E-state index in [1.165, 1.54) is 19.1 Å². The SMILES string of the molecule is COCC(=O)N(CCc1cccc(OC)c1)[C@@H]1C=C(C(=O)NCCO)[C@@H]2c3cc(CO)cc(OC)c3O[C@@H]2[C@H]1O. The van der Waals surface area contributed by atoms with Crippen molar-refractivity contribution in [2.75, 3.05) is 47.6 Å². The minimum atomic E-state index is -1.21. The summed E-state index contributed by atoms with van der Waals surface area (Å²) in [5.74, 6) is -0.115. The smallest absolute Gasteiger partial charge is 0.249 e. The molecule has 4 atom stereocenters. The van der Waals surface area contributed by atoms with Crippen LogP contribution >= 0.6 is 0 Å². The van der Waals surface area contributed by atoms with E-state index in [9.17, 15) is 24.9 Å². The van der Waals surface area contributed by atoms with Gasteiger partial charge in [-0.15, -0.1) is 0 Å². The summed E-state index contributed by atoms with van der Waals surface area (Å²) in [4.78, 5) is 28.2. The van der Waals surface area contributed by atoms with Crippen LogP contribution in [0.25, 0.3) is 0 Å². The molecule has 0 radical (unpaired) electrons. The van der Waals surface area contributed by atoms with Crippen molar-refractivity contribution in [2.45, 2.75) is 37.2 Å². The lowest BCUT2D eigenvalue weighted by molar-refractivity contribution is -0.141. The fraction of sp³-hybridized carbons (Fsp3) is 0.448. The summed E-state index contributed by atoms with van der Waals surface area (Å²) in [6.45, 7) is -0.485. The summed E-state index contributed by atoms with van der Waals surface area (Å²) in [6, 6.07) is 9.92. The first-order chi connectivity index (χ1) is 19.4. The van der Waals surface area contributed by atoms with Crippen LogP contribution in [0.15, 0.2) is 48.0 Å². The van der Waals surface area contributed by atoms with E-state index in [2.05, 4.69) is 5.32 Å². The summed E-state index contributed by atoms with van der Waals surface area (Å²) in [6.07, 6.45) is -0.0788. The van der Waals surface area contributed by atoms with Crippen molar-refractivity contribution in [1.29, 1.82) is 0 Å². The molecule has 1 heterocycles. The van der Waals surface area contributed by atoms with Gasteiger partial charge in [-0.3, -0.25) is 9.59 Å². The molecule has 0 spiro atoms. The Morgan fingerprint density at radius 3 is 2.55 bits per heavy atom. The number of amides is 2. The number of aliphatic hydroxyl groups is 3. The first-order valence-electron chi connectivity index (χ1n) is 13.0. The summed E-state index contributed by atoms with van der Waals surface area (Å²) >= 11 is 0. The molecule has 0 aromatic heterocycles. The molecule has 0 saturated carbocycles. The molecular formula is C29H36N2O9. The van der Waals surface area contributed by atoms with Crippen LogP contribution in [0.1, 0.15) is 22.6 Å². The maximum atomic E-state index is 13.4. The van der Waals surface area contributed by atoms with E-state index in [4.69, 9.17) is 18.9 Å². The number of rotatable bonds is 12. The fourth-order valence-electron chi connectivity index (χ4n) is 5.34. The molecule has 0 saturated heterocycles. The van der Waals surface area contributed by atoms with Crippen LogP contribution in [0, 0.1) is 0 Å². The first-order valence-corrected chi connectivity index (χ1v) is 13.0. The van der Waals surface area contributed by atoms with Crippen LogP contribution in [-0.2, 0) is 27.4 Å². The molecule has 40 heavy (non-hydrogen) atoms. The van der Waals surface area contributed by atoms with Gasteiger partial charge < -0.3 is 44.5 Å². The molecule has 216 valence electrons. The lowest BCUT2D eigenvalue weighted by Gasteiger charge is -2.40. The number of hydrogen-bond acceptors (Lipinski definition) is 9. The number of methoxy groups -OCH3 is 3. The largest absolute Gasteiger partial charge is 0.497 e. The summed E-state index contributed by atoms with van der Waals surface area (Å²) in [5.41, 5.74) is 2.35. The number of hydrogen-bond donors (Lipinski definition) is 4. The number of benzene rings is 2. The number of nitrogens with one attached hydrogen (secondary N) is 1. The predicted octanol–water partition coefficient (Wildman–Crippen LogP) is 0.536. The number of carbonyl (C=O) groups is 2. The average molecular weight is 557 g/mol. The zero-order chi connectivity index (χ0) is 28.8. The Hall–Kier alpha value is -3.64. The van der Waals surface area contributed by atoms with Crippen molar-refractivity contribution in [3.05, 3.63) is 64.7 Å². The molecule has 0 unspecified atom stereocenters. The summed E-state index contributed by atoms with van der Waals surface area (Å²) < 4.78 is 22.2. The van der Waals surface area contributed by atoms with Gasteiger partial charge in [0.1, 0.15) is 24.6 Å². The molecule has 1 aliphatic carbocycles. The summed E-state index contributed by atoms with van der Waals surface area (Å²) in [7, 11) is 4.46. The second-order valence-electron chi connectivity index (χ2n) is 9.64. The van der Waals surface area contributed by atoms with Crippen molar-refractivity contribution in [2.24, 2.45) is 0 Å². The maximum Gasteiger partial charge on any atom is 0.249 e. The highest BCUT2D eigenvalue weighted by molar-refractivity contribution is 5.96. The molecule has 0 bridgehead atoms. The second kappa shape index (κ2) is 13.1. The topological polar surface area (TPSA) is 147 Å². The summed E-state index contributed by atoms with van der Waals surface area (Å²) in [5, 5.41) is 33.5. The molecule has 4 rings (SSSR count). The van der Waals surface area contributed by atoms with Crippen LogP contribution in [0.2, 0.25) is 0 Å². The third kappa shape index (κ3) is 5.92. The van der Waals surface area contributed by atoms with Crippen LogP contribution < -0.4 is 19.5 Å². The van der Waals surface area contributed by atoms with E-state index in [1.807, 2.05) is 24.3 Å². The molecule has 11 nitrogen and oxygen atoms in total. The van der Waals surface area contributed by atoms with E-state index < -0.39 is 30.1 Å². The highest BCUT2D eigenvalue weighted by Gasteiger charge is 2.51. The molecule has 2 aromatic carbocycles. The van der Waals surface area contributed by atoms with Gasteiger partial charge in [-0.05, 0) is 47.9 Å². The number of fused-ring (bicyclic) bond motifs is 3. The zero-order valence-electron chi connectivity index (χ0n) is 22.8. The molecule has 2 amide bonds. The Kier molecular flexibility index (Phi) is 9.64. The Labute approximate surface area is 232 Å². The van der Waals surface area contributed by atoms with E-state index >= 15 is 0 Å². The van der Waals surface area contributed by atoms with Crippen LogP contribution in [-0.4, -0.2) is 97.9 Å². The third-order valence-electron chi connectivity index (χ3n) is 7.22. The Balaban J connectivity index is 1.75. The highest BCUT2D eigenvalue weighted by atomic mass is 16.5. The van der Waals surface area contributed by atoms with Crippen molar-refractivity contribution in [1.82, 2.24) is 10.2 Å². The van der Waals surface area contributed by atoms with Crippen molar-refractivity contribution >= 4 is 11.8 Å². The molecule has 4 N–H and O–H groups in total. The third-order valence-corrected chi connectivity index (χ3v) is 7.22. The van der Waals surface area contributed by atoms with E-state index in [1.54, 1.807) is 25.3 Å². The van der Waals surface area contributed by atoms with Gasteiger partial charge in [-0.25, -0.2) is 0 Å². The van der Waals surface area contributed by atoms with Crippen molar-refractivity contribution < 1.29 is 43.9 Å². The maximum absolute atomic E-state index is 13.4. The average Bonchev–Trinajstić information content (AvgIpc) is 3.36. The van der Waals surface area contributed by atoms with Crippen molar-refractivity contribution in [3.8, 4) is 17.2 Å². The fourth-order valence-corrected chi connectivity index (χ4v) is 5.34. The molecular weight excluding hydrogens is 520 g/mol. The van der Waals surface area contributed by atoms with E-state index in [0.717, 1.165) is 5.56 Å². The highest BCUT2D eigenvalue weighted by Crippen LogP contribution is 2.51. The van der Waals surface area contributed by atoms with Gasteiger partial charge in [0.15, 0.2) is 11.5 Å². The molecule has 2 aliphatic rings. The van der Waals surface area contributed by atoms with Gasteiger partial charge in [0, 0.05) is 31.3 Å². The second-order valence-corrected chi connectivity index (χ2v) is 9.64. The van der Waals surface area contributed by atoms with Gasteiger partial charge >= 0.3 is 0 Å². The Bertz CT molecular complexity index is 1250. The van der Waals surface area contributed by atoms with Crippen LogP contribution in [0.4, 0.5) is 0 Å². The van der Waals surface area contributed by atoms with Gasteiger partial charge in [-0.2, -0.15) is 0 Å². The van der Waals surface area contributed by atoms with Gasteiger partial charge in [-0.1, -0.05) is 12.1 Å². The number of carbonyl (C=O) groups excluding carboxylic acids is 2.